The van der Waals surface area contributed by atoms with Gasteiger partial charge in [0.2, 0.25) is 0 Å². The van der Waals surface area contributed by atoms with E-state index >= 15 is 0 Å². The Hall–Kier alpha value is -3.77. The molecule has 2 aromatic carbocycles. The quantitative estimate of drug-likeness (QED) is 0.404. The molecule has 11 nitrogen and oxygen atoms in total. The summed E-state index contributed by atoms with van der Waals surface area (Å²) in [5.41, 5.74) is 2.37. The number of benzene rings is 2. The van der Waals surface area contributed by atoms with Crippen molar-refractivity contribution < 1.29 is 27.9 Å². The van der Waals surface area contributed by atoms with Crippen LogP contribution in [0.4, 0.5) is 0 Å². The lowest BCUT2D eigenvalue weighted by atomic mass is 10.1. The molecule has 34 heavy (non-hydrogen) atoms. The number of nitrogens with one attached hydrogen (secondary N) is 2. The predicted molar refractivity (Wildman–Crippen MR) is 123 cm³/mol. The van der Waals surface area contributed by atoms with Crippen LogP contribution in [0.15, 0.2) is 46.1 Å². The number of amides is 1. The van der Waals surface area contributed by atoms with Crippen LogP contribution in [0.2, 0.25) is 0 Å². The fourth-order valence-electron chi connectivity index (χ4n) is 3.41. The van der Waals surface area contributed by atoms with Crippen LogP contribution in [0.3, 0.4) is 0 Å². The van der Waals surface area contributed by atoms with Gasteiger partial charge in [-0.1, -0.05) is 24.3 Å². The van der Waals surface area contributed by atoms with Crippen molar-refractivity contribution in [2.75, 3.05) is 6.61 Å². The van der Waals surface area contributed by atoms with Gasteiger partial charge in [0, 0.05) is 10.9 Å². The topological polar surface area (TPSA) is 157 Å². The molecule has 0 saturated carbocycles. The zero-order valence-corrected chi connectivity index (χ0v) is 19.8. The molecule has 0 unspecified atom stereocenters. The van der Waals surface area contributed by atoms with Gasteiger partial charge in [0.05, 0.1) is 16.3 Å². The molecule has 0 aliphatic carbocycles. The third-order valence-corrected chi connectivity index (χ3v) is 6.41. The molecule has 0 radical (unpaired) electrons. The Morgan fingerprint density at radius 3 is 2.38 bits per heavy atom. The monoisotopic (exact) mass is 488 g/mol. The molecule has 0 bridgehead atoms. The molecule has 0 atom stereocenters. The number of sulfonamides is 1. The maximum Gasteiger partial charge on any atom is 0.341 e. The van der Waals surface area contributed by atoms with Crippen LogP contribution >= 0.6 is 0 Å². The second-order valence-corrected chi connectivity index (χ2v) is 9.47. The molecule has 1 aromatic heterocycles. The molecule has 0 aliphatic rings. The van der Waals surface area contributed by atoms with Crippen LogP contribution in [-0.4, -0.2) is 41.8 Å². The summed E-state index contributed by atoms with van der Waals surface area (Å²) >= 11 is 0. The number of fused-ring (bicyclic) bond motifs is 1. The third kappa shape index (κ3) is 4.92. The summed E-state index contributed by atoms with van der Waals surface area (Å²) in [6.07, 6.45) is 0. The van der Waals surface area contributed by atoms with Gasteiger partial charge >= 0.3 is 5.97 Å². The van der Waals surface area contributed by atoms with Crippen LogP contribution < -0.4 is 20.6 Å². The lowest BCUT2D eigenvalue weighted by Gasteiger charge is -2.16. The largest absolute Gasteiger partial charge is 0.481 e. The highest BCUT2D eigenvalue weighted by Gasteiger charge is 2.24. The first-order valence-electron chi connectivity index (χ1n) is 10.2. The van der Waals surface area contributed by atoms with Crippen molar-refractivity contribution >= 4 is 32.7 Å². The summed E-state index contributed by atoms with van der Waals surface area (Å²) in [7, 11) is -4.27. The molecule has 0 spiro atoms. The van der Waals surface area contributed by atoms with Gasteiger partial charge < -0.3 is 9.84 Å². The van der Waals surface area contributed by atoms with Crippen molar-refractivity contribution in [3.8, 4) is 5.75 Å². The number of carbonyl (C=O) groups excluding carboxylic acids is 1. The van der Waals surface area contributed by atoms with Crippen LogP contribution in [0.5, 0.6) is 5.75 Å². The van der Waals surface area contributed by atoms with Gasteiger partial charge in [0.25, 0.3) is 21.5 Å². The zero-order chi connectivity index (χ0) is 25.2. The molecule has 3 N–H and O–H groups in total. The molecule has 0 aliphatic heterocycles. The van der Waals surface area contributed by atoms with Crippen LogP contribution in [-0.2, 0) is 14.8 Å². The van der Waals surface area contributed by atoms with Gasteiger partial charge in [-0.25, -0.2) is 17.9 Å². The number of nitrogens with zero attached hydrogens (tertiary/aromatic N) is 2. The van der Waals surface area contributed by atoms with Gasteiger partial charge in [-0.05, 0) is 45.4 Å². The highest BCUT2D eigenvalue weighted by atomic mass is 32.2. The normalized spacial score (nSPS) is 11.6. The Morgan fingerprint density at radius 1 is 1.12 bits per heavy atom. The molecule has 1 heterocycles. The van der Waals surface area contributed by atoms with E-state index in [4.69, 9.17) is 9.84 Å². The number of carboxylic acid groups (broad SMARTS) is 1. The first-order valence-corrected chi connectivity index (χ1v) is 11.7. The molecule has 3 aromatic rings. The number of carboxylic acids is 1. The minimum atomic E-state index is -4.27. The number of hydrogen-bond donors (Lipinski definition) is 3. The van der Waals surface area contributed by atoms with Crippen LogP contribution in [0, 0.1) is 13.8 Å². The van der Waals surface area contributed by atoms with E-state index in [1.54, 1.807) is 45.0 Å². The first-order chi connectivity index (χ1) is 15.9. The van der Waals surface area contributed by atoms with Crippen molar-refractivity contribution in [3.63, 3.8) is 0 Å². The fraction of sp³-hybridized carbons (Fsp3) is 0.273. The Bertz CT molecular complexity index is 1450. The van der Waals surface area contributed by atoms with E-state index in [-0.39, 0.29) is 44.3 Å². The van der Waals surface area contributed by atoms with E-state index in [2.05, 4.69) is 10.5 Å². The van der Waals surface area contributed by atoms with Crippen molar-refractivity contribution in [1.82, 2.24) is 20.0 Å². The number of hydrogen-bond acceptors (Lipinski definition) is 7. The smallest absolute Gasteiger partial charge is 0.341 e. The molecular weight excluding hydrogens is 464 g/mol. The molecule has 1 amide bonds. The van der Waals surface area contributed by atoms with E-state index < -0.39 is 28.5 Å². The van der Waals surface area contributed by atoms with Gasteiger partial charge in [-0.3, -0.25) is 15.0 Å². The molecule has 3 rings (SSSR count). The molecular formula is C22H24N4O7S. The standard InChI is InChI=1S/C22H24N4O7S/c1-12(2)26-22(30)16-8-6-5-7-15(16)19(24-26)21(29)23-25-34(31,32)17-10-9-13(3)20(14(17)4)33-11-18(27)28/h5-10,12,25H,11H2,1-4H3,(H,23,29)(H,27,28). The lowest BCUT2D eigenvalue weighted by Crippen LogP contribution is -2.43. The van der Waals surface area contributed by atoms with Gasteiger partial charge in [0.15, 0.2) is 12.3 Å². The van der Waals surface area contributed by atoms with E-state index in [0.717, 1.165) is 4.68 Å². The lowest BCUT2D eigenvalue weighted by molar-refractivity contribution is -0.139. The van der Waals surface area contributed by atoms with E-state index in [9.17, 15) is 22.8 Å². The van der Waals surface area contributed by atoms with Crippen molar-refractivity contribution in [2.45, 2.75) is 38.6 Å². The summed E-state index contributed by atoms with van der Waals surface area (Å²) in [6, 6.07) is 8.86. The maximum absolute atomic E-state index is 12.9. The number of carbonyl (C=O) groups is 2. The predicted octanol–water partition coefficient (Wildman–Crippen LogP) is 1.68. The summed E-state index contributed by atoms with van der Waals surface area (Å²) in [5, 5.41) is 13.5. The van der Waals surface area contributed by atoms with E-state index in [0.29, 0.717) is 5.56 Å². The van der Waals surface area contributed by atoms with Crippen LogP contribution in [0.25, 0.3) is 10.8 Å². The highest BCUT2D eigenvalue weighted by Crippen LogP contribution is 2.29. The van der Waals surface area contributed by atoms with Crippen LogP contribution in [0.1, 0.15) is 41.5 Å². The zero-order valence-electron chi connectivity index (χ0n) is 18.9. The van der Waals surface area contributed by atoms with E-state index in [1.165, 1.54) is 19.1 Å². The SMILES string of the molecule is Cc1ccc(S(=O)(=O)NNC(=O)c2nn(C(C)C)c(=O)c3ccccc23)c(C)c1OCC(=O)O. The van der Waals surface area contributed by atoms with E-state index in [1.807, 2.05) is 4.83 Å². The van der Waals surface area contributed by atoms with Crippen molar-refractivity contribution in [2.24, 2.45) is 0 Å². The summed E-state index contributed by atoms with van der Waals surface area (Å²) < 4.78 is 32.2. The maximum atomic E-state index is 12.9. The Labute approximate surface area is 195 Å². The summed E-state index contributed by atoms with van der Waals surface area (Å²) in [6.45, 7) is 5.94. The number of aryl methyl sites for hydroxylation is 1. The second kappa shape index (κ2) is 9.61. The minimum absolute atomic E-state index is 0.119. The summed E-state index contributed by atoms with van der Waals surface area (Å²) in [4.78, 5) is 38.2. The Balaban J connectivity index is 1.93. The Kier molecular flexibility index (Phi) is 7.03. The second-order valence-electron chi connectivity index (χ2n) is 7.81. The molecule has 0 fully saturated rings. The first kappa shape index (κ1) is 24.9. The number of aliphatic carboxylic acids is 1. The average Bonchev–Trinajstić information content (AvgIpc) is 2.77. The molecule has 0 saturated heterocycles. The third-order valence-electron chi connectivity index (χ3n) is 5.01. The minimum Gasteiger partial charge on any atom is -0.481 e. The molecule has 12 heteroatoms. The van der Waals surface area contributed by atoms with Gasteiger partial charge in [0.1, 0.15) is 5.75 Å². The average molecular weight is 489 g/mol. The number of rotatable bonds is 8. The van der Waals surface area contributed by atoms with Gasteiger partial charge in [-0.15, -0.1) is 4.83 Å². The Morgan fingerprint density at radius 2 is 1.76 bits per heavy atom. The van der Waals surface area contributed by atoms with Gasteiger partial charge in [-0.2, -0.15) is 5.10 Å². The summed E-state index contributed by atoms with van der Waals surface area (Å²) in [5.74, 6) is -1.95. The number of hydrazine groups is 1. The van der Waals surface area contributed by atoms with Crippen molar-refractivity contribution in [3.05, 3.63) is 63.6 Å². The number of ether oxygens (including phenoxy) is 1. The van der Waals surface area contributed by atoms with Crippen molar-refractivity contribution in [1.29, 1.82) is 0 Å². The molecule has 180 valence electrons. The number of aromatic nitrogens is 2. The fourth-order valence-corrected chi connectivity index (χ4v) is 4.49. The highest BCUT2D eigenvalue weighted by molar-refractivity contribution is 7.89.